The van der Waals surface area contributed by atoms with Crippen molar-refractivity contribution in [3.63, 3.8) is 0 Å². The van der Waals surface area contributed by atoms with Gasteiger partial charge in [0.2, 0.25) is 0 Å². The minimum absolute atomic E-state index is 0.122. The first-order chi connectivity index (χ1) is 10.3. The summed E-state index contributed by atoms with van der Waals surface area (Å²) in [6, 6.07) is 4.18. The number of likely N-dealkylation sites (N-methyl/N-ethyl adjacent to an activating group) is 1. The standard InChI is InChI=1S/C16H21FN2O3/c1-16(21,10-19(2)3)9-18-15(20)12-6-11-7-13(17)4-5-14(11)22-8-12/h4-7,21H,8-10H2,1-3H3,(H,18,20). The molecule has 1 aromatic carbocycles. The third kappa shape index (κ3) is 4.29. The molecule has 1 unspecified atom stereocenters. The van der Waals surface area contributed by atoms with Crippen LogP contribution in [0.5, 0.6) is 5.75 Å². The molecule has 120 valence electrons. The molecule has 0 saturated heterocycles. The fourth-order valence-corrected chi connectivity index (χ4v) is 2.40. The Morgan fingerprint density at radius 1 is 1.50 bits per heavy atom. The minimum Gasteiger partial charge on any atom is -0.488 e. The average Bonchev–Trinajstić information content (AvgIpc) is 2.42. The van der Waals surface area contributed by atoms with Gasteiger partial charge in [-0.15, -0.1) is 0 Å². The molecule has 0 fully saturated rings. The lowest BCUT2D eigenvalue weighted by Crippen LogP contribution is -2.47. The third-order valence-corrected chi connectivity index (χ3v) is 3.26. The van der Waals surface area contributed by atoms with Crippen LogP contribution in [-0.4, -0.2) is 55.3 Å². The summed E-state index contributed by atoms with van der Waals surface area (Å²) in [7, 11) is 3.69. The van der Waals surface area contributed by atoms with Crippen molar-refractivity contribution in [2.24, 2.45) is 0 Å². The first kappa shape index (κ1) is 16.5. The molecule has 1 atom stereocenters. The maximum Gasteiger partial charge on any atom is 0.250 e. The van der Waals surface area contributed by atoms with Gasteiger partial charge in [0.05, 0.1) is 11.2 Å². The Labute approximate surface area is 129 Å². The number of aliphatic hydroxyl groups is 1. The van der Waals surface area contributed by atoms with E-state index in [1.54, 1.807) is 13.0 Å². The molecular formula is C16H21FN2O3. The molecule has 5 nitrogen and oxygen atoms in total. The van der Waals surface area contributed by atoms with Crippen LogP contribution in [0.2, 0.25) is 0 Å². The quantitative estimate of drug-likeness (QED) is 0.853. The molecule has 1 aliphatic rings. The van der Waals surface area contributed by atoms with Gasteiger partial charge >= 0.3 is 0 Å². The fraction of sp³-hybridized carbons (Fsp3) is 0.438. The molecule has 1 amide bonds. The van der Waals surface area contributed by atoms with Gasteiger partial charge in [0.25, 0.3) is 5.91 Å². The second-order valence-corrected chi connectivity index (χ2v) is 6.06. The number of amides is 1. The summed E-state index contributed by atoms with van der Waals surface area (Å²) in [5, 5.41) is 12.9. The van der Waals surface area contributed by atoms with Crippen molar-refractivity contribution in [1.82, 2.24) is 10.2 Å². The van der Waals surface area contributed by atoms with Gasteiger partial charge in [-0.1, -0.05) is 0 Å². The summed E-state index contributed by atoms with van der Waals surface area (Å²) in [5.41, 5.74) is -0.0885. The van der Waals surface area contributed by atoms with Gasteiger partial charge in [0, 0.05) is 18.7 Å². The number of nitrogens with zero attached hydrogens (tertiary/aromatic N) is 1. The Morgan fingerprint density at radius 2 is 2.23 bits per heavy atom. The molecule has 2 N–H and O–H groups in total. The van der Waals surface area contributed by atoms with Gasteiger partial charge < -0.3 is 20.1 Å². The van der Waals surface area contributed by atoms with Crippen molar-refractivity contribution in [2.45, 2.75) is 12.5 Å². The number of carbonyl (C=O) groups excluding carboxylic acids is 1. The number of ether oxygens (including phenoxy) is 1. The number of hydrogen-bond acceptors (Lipinski definition) is 4. The molecule has 1 aliphatic heterocycles. The Kier molecular flexibility index (Phi) is 4.83. The number of benzene rings is 1. The average molecular weight is 308 g/mol. The van der Waals surface area contributed by atoms with Gasteiger partial charge in [-0.05, 0) is 45.3 Å². The molecule has 1 aromatic rings. The van der Waals surface area contributed by atoms with Crippen molar-refractivity contribution in [2.75, 3.05) is 33.8 Å². The maximum atomic E-state index is 13.2. The van der Waals surface area contributed by atoms with E-state index in [0.717, 1.165) is 0 Å². The van der Waals surface area contributed by atoms with Crippen LogP contribution in [0.25, 0.3) is 6.08 Å². The van der Waals surface area contributed by atoms with Crippen LogP contribution >= 0.6 is 0 Å². The van der Waals surface area contributed by atoms with Crippen molar-refractivity contribution in [3.8, 4) is 5.75 Å². The highest BCUT2D eigenvalue weighted by Gasteiger charge is 2.24. The smallest absolute Gasteiger partial charge is 0.250 e. The van der Waals surface area contributed by atoms with E-state index in [9.17, 15) is 14.3 Å². The lowest BCUT2D eigenvalue weighted by molar-refractivity contribution is -0.119. The Balaban J connectivity index is 2.02. The van der Waals surface area contributed by atoms with E-state index in [-0.39, 0.29) is 24.9 Å². The second-order valence-electron chi connectivity index (χ2n) is 6.06. The summed E-state index contributed by atoms with van der Waals surface area (Å²) < 4.78 is 18.7. The van der Waals surface area contributed by atoms with E-state index < -0.39 is 5.60 Å². The van der Waals surface area contributed by atoms with Crippen LogP contribution in [0.15, 0.2) is 23.8 Å². The van der Waals surface area contributed by atoms with Crippen LogP contribution in [0.4, 0.5) is 4.39 Å². The summed E-state index contributed by atoms with van der Waals surface area (Å²) in [5.74, 6) is -0.152. The van der Waals surface area contributed by atoms with E-state index in [1.807, 2.05) is 19.0 Å². The van der Waals surface area contributed by atoms with Crippen LogP contribution in [0.1, 0.15) is 12.5 Å². The van der Waals surface area contributed by atoms with Crippen LogP contribution < -0.4 is 10.1 Å². The molecule has 0 spiro atoms. The fourth-order valence-electron chi connectivity index (χ4n) is 2.40. The van der Waals surface area contributed by atoms with Gasteiger partial charge in [-0.3, -0.25) is 4.79 Å². The van der Waals surface area contributed by atoms with Crippen LogP contribution in [0.3, 0.4) is 0 Å². The van der Waals surface area contributed by atoms with E-state index in [1.165, 1.54) is 18.2 Å². The van der Waals surface area contributed by atoms with Crippen LogP contribution in [0, 0.1) is 5.82 Å². The Morgan fingerprint density at radius 3 is 2.91 bits per heavy atom. The van der Waals surface area contributed by atoms with Gasteiger partial charge in [0.15, 0.2) is 0 Å². The predicted octanol–water partition coefficient (Wildman–Crippen LogP) is 1.03. The summed E-state index contributed by atoms with van der Waals surface area (Å²) in [4.78, 5) is 14.0. The number of hydrogen-bond donors (Lipinski definition) is 2. The second kappa shape index (κ2) is 6.46. The third-order valence-electron chi connectivity index (χ3n) is 3.26. The SMILES string of the molecule is CN(C)CC(C)(O)CNC(=O)C1=Cc2cc(F)ccc2OC1. The lowest BCUT2D eigenvalue weighted by atomic mass is 10.0. The number of rotatable bonds is 5. The van der Waals surface area contributed by atoms with E-state index >= 15 is 0 Å². The molecule has 0 saturated carbocycles. The molecule has 22 heavy (non-hydrogen) atoms. The molecule has 2 rings (SSSR count). The van der Waals surface area contributed by atoms with Crippen molar-refractivity contribution < 1.29 is 19.0 Å². The number of fused-ring (bicyclic) bond motifs is 1. The number of carbonyl (C=O) groups is 1. The highest BCUT2D eigenvalue weighted by Crippen LogP contribution is 2.26. The van der Waals surface area contributed by atoms with Gasteiger partial charge in [0.1, 0.15) is 18.2 Å². The summed E-state index contributed by atoms with van der Waals surface area (Å²) in [6.07, 6.45) is 1.61. The zero-order valence-electron chi connectivity index (χ0n) is 13.0. The topological polar surface area (TPSA) is 61.8 Å². The van der Waals surface area contributed by atoms with Crippen molar-refractivity contribution in [1.29, 1.82) is 0 Å². The monoisotopic (exact) mass is 308 g/mol. The normalized spacial score (nSPS) is 16.4. The highest BCUT2D eigenvalue weighted by atomic mass is 19.1. The zero-order valence-corrected chi connectivity index (χ0v) is 13.0. The largest absolute Gasteiger partial charge is 0.488 e. The lowest BCUT2D eigenvalue weighted by Gasteiger charge is -2.27. The number of halogens is 1. The summed E-state index contributed by atoms with van der Waals surface area (Å²) in [6.45, 7) is 2.33. The number of nitrogens with one attached hydrogen (secondary N) is 1. The van der Waals surface area contributed by atoms with Crippen LogP contribution in [-0.2, 0) is 4.79 Å². The first-order valence-corrected chi connectivity index (χ1v) is 7.05. The summed E-state index contributed by atoms with van der Waals surface area (Å²) >= 11 is 0. The zero-order chi connectivity index (χ0) is 16.3. The van der Waals surface area contributed by atoms with Crippen molar-refractivity contribution >= 4 is 12.0 Å². The minimum atomic E-state index is -1.03. The molecule has 0 aliphatic carbocycles. The Bertz CT molecular complexity index is 597. The molecule has 0 aromatic heterocycles. The highest BCUT2D eigenvalue weighted by molar-refractivity contribution is 5.99. The molecule has 6 heteroatoms. The molecule has 0 bridgehead atoms. The van der Waals surface area contributed by atoms with E-state index in [2.05, 4.69) is 5.32 Å². The first-order valence-electron chi connectivity index (χ1n) is 7.05. The molecular weight excluding hydrogens is 287 g/mol. The van der Waals surface area contributed by atoms with E-state index in [0.29, 0.717) is 23.4 Å². The van der Waals surface area contributed by atoms with E-state index in [4.69, 9.17) is 4.74 Å². The Hall–Kier alpha value is -1.92. The maximum absolute atomic E-state index is 13.2. The molecule has 0 radical (unpaired) electrons. The van der Waals surface area contributed by atoms with Crippen molar-refractivity contribution in [3.05, 3.63) is 35.2 Å². The molecule has 1 heterocycles. The van der Waals surface area contributed by atoms with Gasteiger partial charge in [-0.25, -0.2) is 4.39 Å². The predicted molar refractivity (Wildman–Crippen MR) is 82.1 cm³/mol. The van der Waals surface area contributed by atoms with Gasteiger partial charge in [-0.2, -0.15) is 0 Å².